The Bertz CT molecular complexity index is 2120. The third-order valence-corrected chi connectivity index (χ3v) is 13.1. The summed E-state index contributed by atoms with van der Waals surface area (Å²) in [6, 6.07) is -4.10. The highest BCUT2D eigenvalue weighted by molar-refractivity contribution is 5.99. The first kappa shape index (κ1) is 57.3. The topological polar surface area (TPSA) is 305 Å². The number of methoxy groups -OCH3 is 1. The van der Waals surface area contributed by atoms with Crippen LogP contribution < -0.4 is 37.1 Å². The van der Waals surface area contributed by atoms with Crippen LogP contribution in [0, 0.1) is 17.8 Å². The van der Waals surface area contributed by atoms with E-state index in [1.54, 1.807) is 65.8 Å². The number of hydrogen-bond donors (Lipinski definition) is 7. The molecule has 0 radical (unpaired) electrons. The summed E-state index contributed by atoms with van der Waals surface area (Å²) in [6.07, 6.45) is -3.00. The van der Waals surface area contributed by atoms with E-state index in [2.05, 4.69) is 26.6 Å². The third kappa shape index (κ3) is 15.3. The molecule has 3 aliphatic heterocycles. The molecule has 1 aromatic carbocycles. The monoisotopic (exact) mass is 998 g/mol. The molecule has 3 fully saturated rings. The molecular weight excluding hydrogens is 923 g/mol. The van der Waals surface area contributed by atoms with Crippen LogP contribution in [0.4, 0.5) is 0 Å². The lowest BCUT2D eigenvalue weighted by molar-refractivity contribution is -0.167. The number of nitrogens with zero attached hydrogens (tertiary/aromatic N) is 3. The maximum absolute atomic E-state index is 14.8. The zero-order valence-corrected chi connectivity index (χ0v) is 42.7. The predicted octanol–water partition coefficient (Wildman–Crippen LogP) is -0.232. The molecule has 22 heteroatoms. The van der Waals surface area contributed by atoms with Gasteiger partial charge in [-0.05, 0) is 87.3 Å². The number of amides is 9. The molecule has 0 unspecified atom stereocenters. The summed E-state index contributed by atoms with van der Waals surface area (Å²) in [6.45, 7) is 13.4. The Kier molecular flexibility index (Phi) is 20.7. The van der Waals surface area contributed by atoms with Crippen LogP contribution in [0.1, 0.15) is 112 Å². The van der Waals surface area contributed by atoms with Gasteiger partial charge in [-0.25, -0.2) is 4.79 Å². The number of ether oxygens (including phenoxy) is 2. The molecule has 0 aromatic heterocycles. The number of rotatable bonds is 15. The smallest absolute Gasteiger partial charge is 0.328 e. The number of cyclic esters (lactones) is 1. The van der Waals surface area contributed by atoms with Gasteiger partial charge in [-0.2, -0.15) is 0 Å². The second kappa shape index (κ2) is 25.7. The van der Waals surface area contributed by atoms with Crippen molar-refractivity contribution in [2.24, 2.45) is 23.5 Å². The molecule has 0 saturated carbocycles. The number of nitrogens with one attached hydrogen (secondary N) is 5. The summed E-state index contributed by atoms with van der Waals surface area (Å²) in [5.41, 5.74) is 6.05. The average Bonchev–Trinajstić information content (AvgIpc) is 3.80. The Hall–Kier alpha value is -6.32. The van der Waals surface area contributed by atoms with Crippen LogP contribution in [-0.2, 0) is 59.1 Å². The summed E-state index contributed by atoms with van der Waals surface area (Å²) in [5.74, 6) is -8.49. The molecule has 1 aromatic rings. The molecular formula is C49H75N9O13. The Morgan fingerprint density at radius 3 is 2.06 bits per heavy atom. The van der Waals surface area contributed by atoms with Crippen molar-refractivity contribution < 1.29 is 62.5 Å². The second-order valence-electron chi connectivity index (χ2n) is 20.0. The average molecular weight is 998 g/mol. The molecule has 2 bridgehead atoms. The van der Waals surface area contributed by atoms with Crippen LogP contribution in [0.15, 0.2) is 24.3 Å². The molecule has 8 N–H and O–H groups in total. The number of likely N-dealkylation sites (N-methyl/N-ethyl adjacent to an activating group) is 1. The van der Waals surface area contributed by atoms with E-state index in [0.717, 1.165) is 4.90 Å². The van der Waals surface area contributed by atoms with Gasteiger partial charge in [0.25, 0.3) is 0 Å². The van der Waals surface area contributed by atoms with Gasteiger partial charge < -0.3 is 61.6 Å². The summed E-state index contributed by atoms with van der Waals surface area (Å²) in [7, 11) is 2.88. The van der Waals surface area contributed by atoms with E-state index < -0.39 is 120 Å². The van der Waals surface area contributed by atoms with Crippen molar-refractivity contribution in [3.8, 4) is 5.75 Å². The quantitative estimate of drug-likeness (QED) is 0.112. The van der Waals surface area contributed by atoms with Crippen LogP contribution in [0.5, 0.6) is 5.75 Å². The van der Waals surface area contributed by atoms with E-state index >= 15 is 0 Å². The molecule has 0 aliphatic carbocycles. The molecule has 3 aliphatic rings. The number of primary amides is 1. The maximum Gasteiger partial charge on any atom is 0.328 e. The highest BCUT2D eigenvalue weighted by Gasteiger charge is 2.47. The molecule has 71 heavy (non-hydrogen) atoms. The summed E-state index contributed by atoms with van der Waals surface area (Å²) in [4.78, 5) is 143. The van der Waals surface area contributed by atoms with Crippen molar-refractivity contribution in [3.63, 3.8) is 0 Å². The number of benzene rings is 1. The molecule has 4 rings (SSSR count). The van der Waals surface area contributed by atoms with Crippen LogP contribution in [-0.4, -0.2) is 160 Å². The SMILES string of the molecule is COc1ccc(C[C@H]2C(=O)N[C@H](CC(C)C)C(=O)O[C@@H](C)[C@H](NC(=O)[C@H](CCC(N)=O)NC(=O)[C@@H]3CCCN3C(C)=O)C(=O)N[C@@H](CC(C)C)C(=O)N[C@H]3CC[C@H](O)N(C3=O)[C@H](C(C)C)C(=O)N2C)cc1. The minimum Gasteiger partial charge on any atom is -0.497 e. The minimum absolute atomic E-state index is 0.00815. The molecule has 9 amide bonds. The number of carbonyl (C=O) groups is 10. The van der Waals surface area contributed by atoms with Gasteiger partial charge in [0.05, 0.1) is 7.11 Å². The Balaban J connectivity index is 1.84. The number of nitrogens with two attached hydrogens (primary N) is 1. The van der Waals surface area contributed by atoms with E-state index in [9.17, 15) is 53.1 Å². The van der Waals surface area contributed by atoms with Crippen molar-refractivity contribution in [1.29, 1.82) is 0 Å². The Morgan fingerprint density at radius 1 is 0.859 bits per heavy atom. The van der Waals surface area contributed by atoms with Crippen LogP contribution >= 0.6 is 0 Å². The lowest BCUT2D eigenvalue weighted by Crippen LogP contribution is -2.66. The number of aliphatic hydroxyl groups is 1. The van der Waals surface area contributed by atoms with Crippen LogP contribution in [0.2, 0.25) is 0 Å². The zero-order chi connectivity index (χ0) is 53.0. The molecule has 0 spiro atoms. The number of aliphatic hydroxyl groups excluding tert-OH is 1. The van der Waals surface area contributed by atoms with Gasteiger partial charge in [-0.15, -0.1) is 0 Å². The molecule has 3 saturated heterocycles. The predicted molar refractivity (Wildman–Crippen MR) is 257 cm³/mol. The maximum atomic E-state index is 14.8. The number of hydrogen-bond acceptors (Lipinski definition) is 13. The van der Waals surface area contributed by atoms with E-state index in [0.29, 0.717) is 30.7 Å². The largest absolute Gasteiger partial charge is 0.497 e. The van der Waals surface area contributed by atoms with E-state index in [1.807, 2.05) is 0 Å². The lowest BCUT2D eigenvalue weighted by Gasteiger charge is -2.44. The second-order valence-corrected chi connectivity index (χ2v) is 20.0. The highest BCUT2D eigenvalue weighted by Crippen LogP contribution is 2.27. The fraction of sp³-hybridized carbons (Fsp3) is 0.673. The van der Waals surface area contributed by atoms with Gasteiger partial charge in [0.1, 0.15) is 66.4 Å². The number of esters is 1. The number of likely N-dealkylation sites (tertiary alicyclic amines) is 1. The standard InChI is InChI=1S/C49H75N9O13/c1-25(2)22-34-43(63)52-33-18-20-39(61)58(47(33)67)41(27(5)6)48(68)56(9)37(24-30-13-15-31(70-10)16-14-30)45(65)54-35(23-26(3)4)49(69)71-28(7)40(46(66)53-34)55-42(62)32(17-19-38(50)60)51-44(64)36-12-11-21-57(36)29(8)59/h13-16,25-28,32-37,39-41,61H,11-12,17-24H2,1-10H3,(H2,50,60)(H,51,64)(H,52,63)(H,53,66)(H,54,65)(H,55,62)/t28-,32-,33-,34-,35+,36-,37-,39-,40-,41+/m0/s1. The highest BCUT2D eigenvalue weighted by atomic mass is 16.5. The van der Waals surface area contributed by atoms with Gasteiger partial charge >= 0.3 is 5.97 Å². The van der Waals surface area contributed by atoms with Crippen LogP contribution in [0.3, 0.4) is 0 Å². The first-order valence-corrected chi connectivity index (χ1v) is 24.5. The summed E-state index contributed by atoms with van der Waals surface area (Å²) in [5, 5.41) is 24.7. The van der Waals surface area contributed by atoms with Gasteiger partial charge in [-0.1, -0.05) is 53.7 Å². The summed E-state index contributed by atoms with van der Waals surface area (Å²) >= 11 is 0. The number of carbonyl (C=O) groups excluding carboxylic acids is 10. The van der Waals surface area contributed by atoms with Crippen molar-refractivity contribution in [2.75, 3.05) is 20.7 Å². The van der Waals surface area contributed by atoms with Gasteiger partial charge in [0, 0.05) is 33.4 Å². The fourth-order valence-corrected chi connectivity index (χ4v) is 9.25. The summed E-state index contributed by atoms with van der Waals surface area (Å²) < 4.78 is 11.2. The van der Waals surface area contributed by atoms with E-state index in [-0.39, 0.29) is 62.7 Å². The van der Waals surface area contributed by atoms with Crippen molar-refractivity contribution >= 4 is 59.1 Å². The molecule has 394 valence electrons. The first-order chi connectivity index (χ1) is 33.3. The first-order valence-electron chi connectivity index (χ1n) is 24.5. The molecule has 22 nitrogen and oxygen atoms in total. The lowest BCUT2D eigenvalue weighted by atomic mass is 9.93. The van der Waals surface area contributed by atoms with E-state index in [1.165, 1.54) is 37.8 Å². The van der Waals surface area contributed by atoms with Gasteiger partial charge in [0.2, 0.25) is 53.2 Å². The Morgan fingerprint density at radius 2 is 1.48 bits per heavy atom. The number of piperidine rings is 1. The van der Waals surface area contributed by atoms with E-state index in [4.69, 9.17) is 15.2 Å². The number of fused-ring (bicyclic) bond motifs is 2. The zero-order valence-electron chi connectivity index (χ0n) is 42.7. The van der Waals surface area contributed by atoms with Crippen molar-refractivity contribution in [1.82, 2.24) is 41.3 Å². The molecule has 10 atom stereocenters. The minimum atomic E-state index is -1.79. The van der Waals surface area contributed by atoms with Crippen molar-refractivity contribution in [3.05, 3.63) is 29.8 Å². The van der Waals surface area contributed by atoms with Crippen molar-refractivity contribution in [2.45, 2.75) is 174 Å². The molecule has 3 heterocycles. The fourth-order valence-electron chi connectivity index (χ4n) is 9.25. The normalized spacial score (nSPS) is 26.7. The Labute approximate surface area is 415 Å². The van der Waals surface area contributed by atoms with Gasteiger partial charge in [-0.3, -0.25) is 43.2 Å². The van der Waals surface area contributed by atoms with Crippen LogP contribution in [0.25, 0.3) is 0 Å². The van der Waals surface area contributed by atoms with Gasteiger partial charge in [0.15, 0.2) is 0 Å². The third-order valence-electron chi connectivity index (χ3n) is 13.1.